The van der Waals surface area contributed by atoms with E-state index in [-0.39, 0.29) is 13.2 Å². The van der Waals surface area contributed by atoms with Crippen molar-refractivity contribution in [1.82, 2.24) is 20.5 Å². The standard InChI is InChI=1S/C26H35N5O5/c1-6-18-11-19(9-16(4)23(18)35-15-21(33)13-27-22(34)14-32)25-29-30-26(36-25)20-10-17(5)24(28-12-20)31(7-2)8-3/h9-12,21,32-33H,6-8,13-15H2,1-5H3,(H,27,34). The summed E-state index contributed by atoms with van der Waals surface area (Å²) in [7, 11) is 0. The van der Waals surface area contributed by atoms with E-state index in [2.05, 4.69) is 39.2 Å². The van der Waals surface area contributed by atoms with Crippen LogP contribution in [0.4, 0.5) is 5.82 Å². The predicted molar refractivity (Wildman–Crippen MR) is 137 cm³/mol. The van der Waals surface area contributed by atoms with E-state index in [1.165, 1.54) is 0 Å². The molecule has 0 radical (unpaired) electrons. The van der Waals surface area contributed by atoms with Gasteiger partial charge in [0.1, 0.15) is 30.9 Å². The van der Waals surface area contributed by atoms with Gasteiger partial charge in [-0.3, -0.25) is 4.79 Å². The van der Waals surface area contributed by atoms with Gasteiger partial charge in [-0.15, -0.1) is 10.2 Å². The molecule has 36 heavy (non-hydrogen) atoms. The van der Waals surface area contributed by atoms with Crippen LogP contribution in [0.1, 0.15) is 37.5 Å². The van der Waals surface area contributed by atoms with Crippen molar-refractivity contribution in [2.75, 3.05) is 37.7 Å². The number of benzene rings is 1. The Labute approximate surface area is 211 Å². The van der Waals surface area contributed by atoms with Gasteiger partial charge in [-0.05, 0) is 69.0 Å². The number of hydrogen-bond acceptors (Lipinski definition) is 9. The van der Waals surface area contributed by atoms with Crippen molar-refractivity contribution in [1.29, 1.82) is 0 Å². The quantitative estimate of drug-likeness (QED) is 0.345. The third-order valence-electron chi connectivity index (χ3n) is 5.86. The summed E-state index contributed by atoms with van der Waals surface area (Å²) < 4.78 is 11.9. The molecule has 1 amide bonds. The van der Waals surface area contributed by atoms with Crippen LogP contribution in [-0.2, 0) is 11.2 Å². The van der Waals surface area contributed by atoms with Crippen LogP contribution < -0.4 is 15.0 Å². The molecule has 2 heterocycles. The van der Waals surface area contributed by atoms with Gasteiger partial charge in [0.05, 0.1) is 5.56 Å². The summed E-state index contributed by atoms with van der Waals surface area (Å²) in [6, 6.07) is 5.84. The summed E-state index contributed by atoms with van der Waals surface area (Å²) in [6.45, 7) is 11.3. The summed E-state index contributed by atoms with van der Waals surface area (Å²) in [5, 5.41) is 29.8. The summed E-state index contributed by atoms with van der Waals surface area (Å²) in [5.74, 6) is 1.86. The number of carbonyl (C=O) groups excluding carboxylic acids is 1. The molecule has 0 saturated heterocycles. The Bertz CT molecular complexity index is 1180. The third-order valence-corrected chi connectivity index (χ3v) is 5.86. The number of rotatable bonds is 12. The van der Waals surface area contributed by atoms with Crippen LogP contribution in [0.2, 0.25) is 0 Å². The normalized spacial score (nSPS) is 11.9. The van der Waals surface area contributed by atoms with E-state index in [1.54, 1.807) is 6.20 Å². The van der Waals surface area contributed by atoms with Crippen LogP contribution in [0.25, 0.3) is 22.9 Å². The largest absolute Gasteiger partial charge is 0.490 e. The maximum absolute atomic E-state index is 11.2. The molecule has 0 aliphatic carbocycles. The second-order valence-corrected chi connectivity index (χ2v) is 8.51. The molecule has 10 heteroatoms. The minimum Gasteiger partial charge on any atom is -0.490 e. The van der Waals surface area contributed by atoms with Crippen LogP contribution >= 0.6 is 0 Å². The number of aromatic nitrogens is 3. The minimum absolute atomic E-state index is 0.000557. The second kappa shape index (κ2) is 12.5. The van der Waals surface area contributed by atoms with Gasteiger partial charge in [0.15, 0.2) is 0 Å². The van der Waals surface area contributed by atoms with Crippen LogP contribution in [-0.4, -0.2) is 70.3 Å². The lowest BCUT2D eigenvalue weighted by atomic mass is 10.0. The molecule has 1 aromatic carbocycles. The average molecular weight is 498 g/mol. The first-order valence-corrected chi connectivity index (χ1v) is 12.2. The van der Waals surface area contributed by atoms with Crippen LogP contribution in [0, 0.1) is 13.8 Å². The molecule has 3 rings (SSSR count). The number of carbonyl (C=O) groups is 1. The Hall–Kier alpha value is -3.50. The Morgan fingerprint density at radius 1 is 1.08 bits per heavy atom. The maximum Gasteiger partial charge on any atom is 0.249 e. The van der Waals surface area contributed by atoms with Crippen molar-refractivity contribution in [2.45, 2.75) is 47.1 Å². The number of nitrogens with zero attached hydrogens (tertiary/aromatic N) is 4. The highest BCUT2D eigenvalue weighted by molar-refractivity contribution is 5.76. The summed E-state index contributed by atoms with van der Waals surface area (Å²) in [4.78, 5) is 18.0. The van der Waals surface area contributed by atoms with Crippen LogP contribution in [0.3, 0.4) is 0 Å². The van der Waals surface area contributed by atoms with Gasteiger partial charge < -0.3 is 29.6 Å². The molecule has 194 valence electrons. The molecule has 0 spiro atoms. The first-order chi connectivity index (χ1) is 17.3. The van der Waals surface area contributed by atoms with Gasteiger partial charge in [-0.25, -0.2) is 4.98 Å². The molecule has 3 aromatic rings. The third kappa shape index (κ3) is 6.38. The van der Waals surface area contributed by atoms with Gasteiger partial charge in [0.2, 0.25) is 17.7 Å². The number of aliphatic hydroxyl groups excluding tert-OH is 2. The highest BCUT2D eigenvalue weighted by Crippen LogP contribution is 2.32. The van der Waals surface area contributed by atoms with E-state index in [0.717, 1.165) is 46.7 Å². The zero-order chi connectivity index (χ0) is 26.2. The number of amides is 1. The smallest absolute Gasteiger partial charge is 0.249 e. The summed E-state index contributed by atoms with van der Waals surface area (Å²) >= 11 is 0. The van der Waals surface area contributed by atoms with Crippen molar-refractivity contribution in [3.05, 3.63) is 41.1 Å². The molecule has 3 N–H and O–H groups in total. The fourth-order valence-electron chi connectivity index (χ4n) is 3.96. The molecule has 1 unspecified atom stereocenters. The van der Waals surface area contributed by atoms with Gasteiger partial charge in [0, 0.05) is 31.4 Å². The van der Waals surface area contributed by atoms with E-state index < -0.39 is 18.6 Å². The fourth-order valence-corrected chi connectivity index (χ4v) is 3.96. The summed E-state index contributed by atoms with van der Waals surface area (Å²) in [5.41, 5.74) is 4.36. The minimum atomic E-state index is -0.909. The number of ether oxygens (including phenoxy) is 1. The van der Waals surface area contributed by atoms with Crippen molar-refractivity contribution in [2.24, 2.45) is 0 Å². The molecule has 0 aliphatic rings. The maximum atomic E-state index is 11.2. The molecule has 2 aromatic heterocycles. The zero-order valence-electron chi connectivity index (χ0n) is 21.5. The number of hydrogen-bond donors (Lipinski definition) is 3. The SMILES string of the molecule is CCc1cc(-c2nnc(-c3cnc(N(CC)CC)c(C)c3)o2)cc(C)c1OCC(O)CNC(=O)CO. The van der Waals surface area contributed by atoms with Crippen LogP contribution in [0.5, 0.6) is 5.75 Å². The van der Waals surface area contributed by atoms with E-state index >= 15 is 0 Å². The molecular formula is C26H35N5O5. The first kappa shape index (κ1) is 27.1. The average Bonchev–Trinajstić information content (AvgIpc) is 3.38. The number of aryl methyl sites for hydroxylation is 3. The molecule has 0 aliphatic heterocycles. The van der Waals surface area contributed by atoms with E-state index in [1.807, 2.05) is 39.0 Å². The predicted octanol–water partition coefficient (Wildman–Crippen LogP) is 2.67. The number of aliphatic hydroxyl groups is 2. The van der Waals surface area contributed by atoms with Crippen LogP contribution in [0.15, 0.2) is 28.8 Å². The number of anilines is 1. The Kier molecular flexibility index (Phi) is 9.38. The lowest BCUT2D eigenvalue weighted by Crippen LogP contribution is -2.36. The Balaban J connectivity index is 1.78. The zero-order valence-corrected chi connectivity index (χ0v) is 21.5. The van der Waals surface area contributed by atoms with E-state index in [4.69, 9.17) is 14.3 Å². The molecular weight excluding hydrogens is 462 g/mol. The molecule has 0 fully saturated rings. The Morgan fingerprint density at radius 2 is 1.75 bits per heavy atom. The van der Waals surface area contributed by atoms with Gasteiger partial charge in [0.25, 0.3) is 0 Å². The lowest BCUT2D eigenvalue weighted by molar-refractivity contribution is -0.124. The molecule has 1 atom stereocenters. The van der Waals surface area contributed by atoms with Gasteiger partial charge >= 0.3 is 0 Å². The van der Waals surface area contributed by atoms with E-state index in [0.29, 0.717) is 24.0 Å². The first-order valence-electron chi connectivity index (χ1n) is 12.2. The van der Waals surface area contributed by atoms with Crippen molar-refractivity contribution in [3.63, 3.8) is 0 Å². The van der Waals surface area contributed by atoms with Crippen molar-refractivity contribution >= 4 is 11.7 Å². The summed E-state index contributed by atoms with van der Waals surface area (Å²) in [6.07, 6.45) is 1.54. The molecule has 0 bridgehead atoms. The van der Waals surface area contributed by atoms with Crippen molar-refractivity contribution in [3.8, 4) is 28.7 Å². The Morgan fingerprint density at radius 3 is 2.36 bits per heavy atom. The van der Waals surface area contributed by atoms with E-state index in [9.17, 15) is 9.90 Å². The fraction of sp³-hybridized carbons (Fsp3) is 0.462. The second-order valence-electron chi connectivity index (χ2n) is 8.51. The number of nitrogens with one attached hydrogen (secondary N) is 1. The monoisotopic (exact) mass is 497 g/mol. The highest BCUT2D eigenvalue weighted by atomic mass is 16.5. The van der Waals surface area contributed by atoms with Crippen molar-refractivity contribution < 1.29 is 24.2 Å². The topological polar surface area (TPSA) is 134 Å². The lowest BCUT2D eigenvalue weighted by Gasteiger charge is -2.21. The van der Waals surface area contributed by atoms with Gasteiger partial charge in [-0.2, -0.15) is 0 Å². The van der Waals surface area contributed by atoms with Gasteiger partial charge in [-0.1, -0.05) is 6.92 Å². The highest BCUT2D eigenvalue weighted by Gasteiger charge is 2.17. The molecule has 10 nitrogen and oxygen atoms in total. The number of pyridine rings is 1. The molecule has 0 saturated carbocycles.